The summed E-state index contributed by atoms with van der Waals surface area (Å²) in [6, 6.07) is 6.11. The second-order valence-corrected chi connectivity index (χ2v) is 4.65. The van der Waals surface area contributed by atoms with E-state index in [0.29, 0.717) is 5.92 Å². The monoisotopic (exact) mass is 252 g/mol. The summed E-state index contributed by atoms with van der Waals surface area (Å²) in [5.41, 5.74) is 2.24. The van der Waals surface area contributed by atoms with Crippen molar-refractivity contribution in [1.29, 1.82) is 0 Å². The van der Waals surface area contributed by atoms with Gasteiger partial charge in [-0.05, 0) is 28.1 Å². The second-order valence-electron chi connectivity index (χ2n) is 3.79. The van der Waals surface area contributed by atoms with Crippen molar-refractivity contribution in [2.24, 2.45) is 7.05 Å². The van der Waals surface area contributed by atoms with Gasteiger partial charge in [0.05, 0.1) is 11.0 Å². The molecule has 0 atom stereocenters. The van der Waals surface area contributed by atoms with Gasteiger partial charge in [-0.25, -0.2) is 4.98 Å². The number of rotatable bonds is 1. The summed E-state index contributed by atoms with van der Waals surface area (Å²) >= 11 is 3.55. The van der Waals surface area contributed by atoms with E-state index >= 15 is 0 Å². The van der Waals surface area contributed by atoms with Crippen molar-refractivity contribution in [2.45, 2.75) is 19.8 Å². The maximum absolute atomic E-state index is 4.61. The molecule has 0 unspecified atom stereocenters. The second kappa shape index (κ2) is 3.39. The molecule has 74 valence electrons. The first kappa shape index (κ1) is 9.71. The van der Waals surface area contributed by atoms with Crippen LogP contribution in [0.25, 0.3) is 11.0 Å². The first-order valence-electron chi connectivity index (χ1n) is 4.72. The van der Waals surface area contributed by atoms with Gasteiger partial charge in [-0.1, -0.05) is 19.9 Å². The molecule has 2 aromatic rings. The van der Waals surface area contributed by atoms with Crippen LogP contribution in [0.1, 0.15) is 25.6 Å². The zero-order valence-corrected chi connectivity index (χ0v) is 10.2. The molecule has 0 aliphatic rings. The zero-order chi connectivity index (χ0) is 10.3. The molecule has 0 aliphatic carbocycles. The average molecular weight is 253 g/mol. The normalized spacial score (nSPS) is 11.5. The molecule has 0 aliphatic heterocycles. The van der Waals surface area contributed by atoms with E-state index in [1.54, 1.807) is 0 Å². The van der Waals surface area contributed by atoms with Gasteiger partial charge in [-0.15, -0.1) is 0 Å². The van der Waals surface area contributed by atoms with E-state index in [1.807, 2.05) is 18.2 Å². The van der Waals surface area contributed by atoms with Crippen LogP contribution >= 0.6 is 15.9 Å². The molecule has 0 N–H and O–H groups in total. The molecule has 3 heteroatoms. The largest absolute Gasteiger partial charge is 0.330 e. The number of para-hydroxylation sites is 1. The number of nitrogens with zero attached hydrogens (tertiary/aromatic N) is 2. The number of halogens is 1. The number of hydrogen-bond acceptors (Lipinski definition) is 1. The van der Waals surface area contributed by atoms with Gasteiger partial charge in [0.15, 0.2) is 0 Å². The van der Waals surface area contributed by atoms with E-state index in [9.17, 15) is 0 Å². The molecule has 1 aromatic heterocycles. The number of fused-ring (bicyclic) bond motifs is 1. The molecule has 0 fully saturated rings. The molecular formula is C11H13BrN2. The van der Waals surface area contributed by atoms with Crippen LogP contribution in [0.15, 0.2) is 22.7 Å². The Morgan fingerprint density at radius 1 is 1.36 bits per heavy atom. The molecule has 0 radical (unpaired) electrons. The Kier molecular flexibility index (Phi) is 2.35. The lowest BCUT2D eigenvalue weighted by molar-refractivity contribution is 0.722. The summed E-state index contributed by atoms with van der Waals surface area (Å²) in [4.78, 5) is 4.61. The van der Waals surface area contributed by atoms with Crippen molar-refractivity contribution < 1.29 is 0 Å². The van der Waals surface area contributed by atoms with Crippen molar-refractivity contribution >= 4 is 27.0 Å². The smallest absolute Gasteiger partial charge is 0.112 e. The van der Waals surface area contributed by atoms with E-state index in [2.05, 4.69) is 46.4 Å². The number of imidazole rings is 1. The Morgan fingerprint density at radius 3 is 2.64 bits per heavy atom. The molecule has 2 rings (SSSR count). The summed E-state index contributed by atoms with van der Waals surface area (Å²) in [7, 11) is 2.06. The standard InChI is InChI=1S/C11H13BrN2/c1-7(2)11-13-9-6-4-5-8(12)10(9)14(11)3/h4-7H,1-3H3. The van der Waals surface area contributed by atoms with E-state index in [1.165, 1.54) is 5.52 Å². The van der Waals surface area contributed by atoms with Crippen LogP contribution in [0.4, 0.5) is 0 Å². The van der Waals surface area contributed by atoms with Gasteiger partial charge in [-0.3, -0.25) is 0 Å². The molecule has 0 spiro atoms. The molecule has 0 saturated heterocycles. The van der Waals surface area contributed by atoms with E-state index in [0.717, 1.165) is 15.8 Å². The van der Waals surface area contributed by atoms with Crippen molar-refractivity contribution in [3.63, 3.8) is 0 Å². The van der Waals surface area contributed by atoms with Crippen molar-refractivity contribution in [3.8, 4) is 0 Å². The molecular weight excluding hydrogens is 240 g/mol. The SMILES string of the molecule is CC(C)c1nc2cccc(Br)c2n1C. The number of aromatic nitrogens is 2. The zero-order valence-electron chi connectivity index (χ0n) is 8.58. The van der Waals surface area contributed by atoms with Gasteiger partial charge in [0.1, 0.15) is 5.82 Å². The molecule has 1 aromatic carbocycles. The van der Waals surface area contributed by atoms with Gasteiger partial charge < -0.3 is 4.57 Å². The van der Waals surface area contributed by atoms with Crippen LogP contribution in [0, 0.1) is 0 Å². The Morgan fingerprint density at radius 2 is 2.07 bits per heavy atom. The number of aryl methyl sites for hydroxylation is 1. The van der Waals surface area contributed by atoms with Crippen LogP contribution in [-0.4, -0.2) is 9.55 Å². The van der Waals surface area contributed by atoms with Crippen molar-refractivity contribution in [2.75, 3.05) is 0 Å². The highest BCUT2D eigenvalue weighted by Gasteiger charge is 2.11. The quantitative estimate of drug-likeness (QED) is 0.761. The lowest BCUT2D eigenvalue weighted by atomic mass is 10.2. The number of benzene rings is 1. The Balaban J connectivity index is 2.81. The predicted octanol–water partition coefficient (Wildman–Crippen LogP) is 3.46. The maximum Gasteiger partial charge on any atom is 0.112 e. The van der Waals surface area contributed by atoms with Gasteiger partial charge in [0.2, 0.25) is 0 Å². The third kappa shape index (κ3) is 1.36. The van der Waals surface area contributed by atoms with Crippen LogP contribution in [0.2, 0.25) is 0 Å². The van der Waals surface area contributed by atoms with Gasteiger partial charge >= 0.3 is 0 Å². The van der Waals surface area contributed by atoms with Crippen LogP contribution in [0.3, 0.4) is 0 Å². The molecule has 1 heterocycles. The van der Waals surface area contributed by atoms with Gasteiger partial charge in [0, 0.05) is 17.4 Å². The maximum atomic E-state index is 4.61. The van der Waals surface area contributed by atoms with E-state index in [4.69, 9.17) is 0 Å². The van der Waals surface area contributed by atoms with Crippen molar-refractivity contribution in [3.05, 3.63) is 28.5 Å². The Labute approximate surface area is 92.1 Å². The first-order valence-corrected chi connectivity index (χ1v) is 5.51. The molecule has 2 nitrogen and oxygen atoms in total. The highest BCUT2D eigenvalue weighted by molar-refractivity contribution is 9.10. The van der Waals surface area contributed by atoms with Crippen LogP contribution in [-0.2, 0) is 7.05 Å². The van der Waals surface area contributed by atoms with E-state index < -0.39 is 0 Å². The van der Waals surface area contributed by atoms with Crippen molar-refractivity contribution in [1.82, 2.24) is 9.55 Å². The minimum absolute atomic E-state index is 0.458. The third-order valence-corrected chi connectivity index (χ3v) is 3.04. The van der Waals surface area contributed by atoms with Gasteiger partial charge in [-0.2, -0.15) is 0 Å². The molecule has 0 saturated carbocycles. The molecule has 0 amide bonds. The summed E-state index contributed by atoms with van der Waals surface area (Å²) in [6.45, 7) is 4.32. The summed E-state index contributed by atoms with van der Waals surface area (Å²) in [5.74, 6) is 1.59. The fourth-order valence-electron chi connectivity index (χ4n) is 1.76. The molecule has 14 heavy (non-hydrogen) atoms. The average Bonchev–Trinajstić information content (AvgIpc) is 2.45. The Bertz CT molecular complexity index is 471. The highest BCUT2D eigenvalue weighted by atomic mass is 79.9. The highest BCUT2D eigenvalue weighted by Crippen LogP contribution is 2.26. The van der Waals surface area contributed by atoms with E-state index in [-0.39, 0.29) is 0 Å². The summed E-state index contributed by atoms with van der Waals surface area (Å²) < 4.78 is 3.27. The predicted molar refractivity (Wildman–Crippen MR) is 62.5 cm³/mol. The lowest BCUT2D eigenvalue weighted by Gasteiger charge is -2.05. The Hall–Kier alpha value is -0.830. The van der Waals surface area contributed by atoms with Gasteiger partial charge in [0.25, 0.3) is 0 Å². The minimum Gasteiger partial charge on any atom is -0.330 e. The fourth-order valence-corrected chi connectivity index (χ4v) is 2.38. The summed E-state index contributed by atoms with van der Waals surface area (Å²) in [5, 5.41) is 0. The third-order valence-electron chi connectivity index (χ3n) is 2.40. The van der Waals surface area contributed by atoms with Crippen LogP contribution in [0.5, 0.6) is 0 Å². The first-order chi connectivity index (χ1) is 6.61. The topological polar surface area (TPSA) is 17.8 Å². The van der Waals surface area contributed by atoms with Crippen LogP contribution < -0.4 is 0 Å². The fraction of sp³-hybridized carbons (Fsp3) is 0.364. The number of hydrogen-bond donors (Lipinski definition) is 0. The lowest BCUT2D eigenvalue weighted by Crippen LogP contribution is -1.99. The molecule has 0 bridgehead atoms. The minimum atomic E-state index is 0.458. The summed E-state index contributed by atoms with van der Waals surface area (Å²) in [6.07, 6.45) is 0.